The van der Waals surface area contributed by atoms with Gasteiger partial charge in [-0.05, 0) is 12.2 Å². The number of allylic oxidation sites excluding steroid dienone is 5. The molecule has 0 unspecified atom stereocenters. The standard InChI is InChI=1S/C7H8F2/c1-2-7(9)5-3-4-6-8/h2-5H,1,6H2/b4-3-,7-5+. The topological polar surface area (TPSA) is 0 Å². The molecule has 0 spiro atoms. The van der Waals surface area contributed by atoms with Crippen molar-refractivity contribution in [3.05, 3.63) is 36.7 Å². The van der Waals surface area contributed by atoms with Gasteiger partial charge >= 0.3 is 0 Å². The second-order valence-corrected chi connectivity index (χ2v) is 1.34. The lowest BCUT2D eigenvalue weighted by Crippen LogP contribution is -1.62. The number of alkyl halides is 1. The maximum atomic E-state index is 12.0. The molecule has 0 aromatic carbocycles. The molecule has 0 nitrogen and oxygen atoms in total. The van der Waals surface area contributed by atoms with Crippen molar-refractivity contribution in [1.29, 1.82) is 0 Å². The van der Waals surface area contributed by atoms with Crippen LogP contribution in [0.2, 0.25) is 0 Å². The van der Waals surface area contributed by atoms with Crippen molar-refractivity contribution in [3.8, 4) is 0 Å². The average molecular weight is 130 g/mol. The lowest BCUT2D eigenvalue weighted by atomic mass is 10.4. The van der Waals surface area contributed by atoms with Gasteiger partial charge in [-0.3, -0.25) is 0 Å². The molecule has 0 fully saturated rings. The minimum Gasteiger partial charge on any atom is -0.247 e. The minimum absolute atomic E-state index is 0.459. The molecule has 0 rings (SSSR count). The lowest BCUT2D eigenvalue weighted by Gasteiger charge is -1.77. The minimum atomic E-state index is -0.569. The van der Waals surface area contributed by atoms with E-state index in [0.29, 0.717) is 0 Å². The summed E-state index contributed by atoms with van der Waals surface area (Å²) in [7, 11) is 0. The quantitative estimate of drug-likeness (QED) is 0.515. The fraction of sp³-hybridized carbons (Fsp3) is 0.143. The molecule has 50 valence electrons. The Morgan fingerprint density at radius 2 is 2.22 bits per heavy atom. The van der Waals surface area contributed by atoms with Crippen LogP contribution in [0.3, 0.4) is 0 Å². The smallest absolute Gasteiger partial charge is 0.122 e. The van der Waals surface area contributed by atoms with Gasteiger partial charge in [0.05, 0.1) is 0 Å². The van der Waals surface area contributed by atoms with Crippen molar-refractivity contribution >= 4 is 0 Å². The number of rotatable bonds is 3. The van der Waals surface area contributed by atoms with E-state index in [0.717, 1.165) is 12.2 Å². The first-order chi connectivity index (χ1) is 4.31. The van der Waals surface area contributed by atoms with Gasteiger partial charge in [0.1, 0.15) is 12.5 Å². The summed E-state index contributed by atoms with van der Waals surface area (Å²) in [6.07, 6.45) is 4.72. The van der Waals surface area contributed by atoms with Gasteiger partial charge in [-0.25, -0.2) is 8.78 Å². The first-order valence-electron chi connectivity index (χ1n) is 2.52. The van der Waals surface area contributed by atoms with Crippen LogP contribution in [0.4, 0.5) is 8.78 Å². The largest absolute Gasteiger partial charge is 0.247 e. The zero-order valence-corrected chi connectivity index (χ0v) is 4.98. The van der Waals surface area contributed by atoms with E-state index in [1.165, 1.54) is 12.2 Å². The third-order valence-corrected chi connectivity index (χ3v) is 0.676. The van der Waals surface area contributed by atoms with Gasteiger partial charge in [0.15, 0.2) is 0 Å². The molecule has 0 saturated carbocycles. The van der Waals surface area contributed by atoms with E-state index in [4.69, 9.17) is 0 Å². The lowest BCUT2D eigenvalue weighted by molar-refractivity contribution is 0.561. The summed E-state index contributed by atoms with van der Waals surface area (Å²) < 4.78 is 23.3. The van der Waals surface area contributed by atoms with Gasteiger partial charge < -0.3 is 0 Å². The zero-order chi connectivity index (χ0) is 7.11. The Balaban J connectivity index is 3.68. The maximum absolute atomic E-state index is 12.0. The van der Waals surface area contributed by atoms with Crippen molar-refractivity contribution in [2.75, 3.05) is 6.67 Å². The Morgan fingerprint density at radius 3 is 2.67 bits per heavy atom. The molecular formula is C7H8F2. The predicted octanol–water partition coefficient (Wildman–Crippen LogP) is 2.55. The summed E-state index contributed by atoms with van der Waals surface area (Å²) in [5.74, 6) is -0.459. The molecule has 0 saturated heterocycles. The first kappa shape index (κ1) is 8.08. The van der Waals surface area contributed by atoms with Crippen LogP contribution in [0.25, 0.3) is 0 Å². The fourth-order valence-corrected chi connectivity index (χ4v) is 0.279. The van der Waals surface area contributed by atoms with Crippen molar-refractivity contribution in [3.63, 3.8) is 0 Å². The highest BCUT2D eigenvalue weighted by Crippen LogP contribution is 1.95. The summed E-state index contributed by atoms with van der Waals surface area (Å²) in [5, 5.41) is 0. The van der Waals surface area contributed by atoms with E-state index >= 15 is 0 Å². The van der Waals surface area contributed by atoms with E-state index in [-0.39, 0.29) is 0 Å². The van der Waals surface area contributed by atoms with Crippen molar-refractivity contribution in [1.82, 2.24) is 0 Å². The van der Waals surface area contributed by atoms with Gasteiger partial charge in [-0.1, -0.05) is 18.7 Å². The van der Waals surface area contributed by atoms with E-state index < -0.39 is 12.5 Å². The third-order valence-electron chi connectivity index (χ3n) is 0.676. The molecule has 0 aliphatic heterocycles. The highest BCUT2D eigenvalue weighted by Gasteiger charge is 1.77. The summed E-state index contributed by atoms with van der Waals surface area (Å²) >= 11 is 0. The number of hydrogen-bond acceptors (Lipinski definition) is 0. The number of halogens is 2. The molecule has 0 aliphatic carbocycles. The molecule has 0 bridgehead atoms. The summed E-state index contributed by atoms with van der Waals surface area (Å²) in [6.45, 7) is 2.60. The van der Waals surface area contributed by atoms with Crippen molar-refractivity contribution in [2.24, 2.45) is 0 Å². The van der Waals surface area contributed by atoms with Crippen LogP contribution in [-0.4, -0.2) is 6.67 Å². The Kier molecular flexibility index (Phi) is 4.69. The van der Waals surface area contributed by atoms with Gasteiger partial charge in [0, 0.05) is 0 Å². The molecule has 0 N–H and O–H groups in total. The Morgan fingerprint density at radius 1 is 1.56 bits per heavy atom. The van der Waals surface area contributed by atoms with E-state index in [9.17, 15) is 8.78 Å². The molecule has 0 heterocycles. The monoisotopic (exact) mass is 130 g/mol. The molecular weight excluding hydrogens is 122 g/mol. The van der Waals surface area contributed by atoms with Crippen LogP contribution < -0.4 is 0 Å². The molecule has 0 aliphatic rings. The molecule has 0 atom stereocenters. The summed E-state index contributed by atoms with van der Waals surface area (Å²) in [4.78, 5) is 0. The Bertz CT molecular complexity index is 134. The predicted molar refractivity (Wildman–Crippen MR) is 34.5 cm³/mol. The second-order valence-electron chi connectivity index (χ2n) is 1.34. The molecule has 0 radical (unpaired) electrons. The van der Waals surface area contributed by atoms with Crippen LogP contribution in [0.15, 0.2) is 36.7 Å². The van der Waals surface area contributed by atoms with Crippen molar-refractivity contribution < 1.29 is 8.78 Å². The zero-order valence-electron chi connectivity index (χ0n) is 4.98. The summed E-state index contributed by atoms with van der Waals surface area (Å²) in [6, 6.07) is 0. The second kappa shape index (κ2) is 5.22. The number of hydrogen-bond donors (Lipinski definition) is 0. The molecule has 2 heteroatoms. The third kappa shape index (κ3) is 4.94. The van der Waals surface area contributed by atoms with Crippen LogP contribution in [0.1, 0.15) is 0 Å². The van der Waals surface area contributed by atoms with Gasteiger partial charge in [-0.2, -0.15) is 0 Å². The molecule has 0 amide bonds. The van der Waals surface area contributed by atoms with Gasteiger partial charge in [-0.15, -0.1) is 0 Å². The van der Waals surface area contributed by atoms with Crippen LogP contribution in [0, 0.1) is 0 Å². The Labute approximate surface area is 53.2 Å². The highest BCUT2D eigenvalue weighted by atomic mass is 19.1. The van der Waals surface area contributed by atoms with Crippen LogP contribution in [0.5, 0.6) is 0 Å². The van der Waals surface area contributed by atoms with Crippen molar-refractivity contribution in [2.45, 2.75) is 0 Å². The van der Waals surface area contributed by atoms with E-state index in [1.54, 1.807) is 0 Å². The summed E-state index contributed by atoms with van der Waals surface area (Å²) in [5.41, 5.74) is 0. The van der Waals surface area contributed by atoms with E-state index in [1.807, 2.05) is 0 Å². The first-order valence-corrected chi connectivity index (χ1v) is 2.52. The SMILES string of the molecule is C=C/C(F)=C\C=C/CF. The molecule has 0 aromatic rings. The van der Waals surface area contributed by atoms with Gasteiger partial charge in [0.25, 0.3) is 0 Å². The van der Waals surface area contributed by atoms with Crippen LogP contribution >= 0.6 is 0 Å². The maximum Gasteiger partial charge on any atom is 0.122 e. The molecule has 0 aromatic heterocycles. The highest BCUT2D eigenvalue weighted by molar-refractivity contribution is 5.15. The average Bonchev–Trinajstić information content (AvgIpc) is 1.89. The normalized spacial score (nSPS) is 12.4. The molecule has 9 heavy (non-hydrogen) atoms. The van der Waals surface area contributed by atoms with E-state index in [2.05, 4.69) is 6.58 Å². The fourth-order valence-electron chi connectivity index (χ4n) is 0.279. The Hall–Kier alpha value is -0.920. The van der Waals surface area contributed by atoms with Gasteiger partial charge in [0.2, 0.25) is 0 Å². The van der Waals surface area contributed by atoms with Crippen LogP contribution in [-0.2, 0) is 0 Å².